The van der Waals surface area contributed by atoms with Crippen molar-refractivity contribution in [2.24, 2.45) is 0 Å². The molecule has 0 heterocycles. The molecular weight excluding hydrogens is 226 g/mol. The van der Waals surface area contributed by atoms with E-state index in [4.69, 9.17) is 5.11 Å². The van der Waals surface area contributed by atoms with Crippen LogP contribution in [0.15, 0.2) is 30.3 Å². The summed E-state index contributed by atoms with van der Waals surface area (Å²) in [6, 6.07) is 7.93. The molecule has 0 saturated heterocycles. The normalized spacial score (nSPS) is 12.6. The van der Waals surface area contributed by atoms with Gasteiger partial charge in [0.15, 0.2) is 0 Å². The third kappa shape index (κ3) is 4.72. The second-order valence-electron chi connectivity index (χ2n) is 4.22. The van der Waals surface area contributed by atoms with Crippen LogP contribution in [0.3, 0.4) is 0 Å². The summed E-state index contributed by atoms with van der Waals surface area (Å²) in [5.41, 5.74) is 2.28. The summed E-state index contributed by atoms with van der Waals surface area (Å²) in [5, 5.41) is 11.7. The van der Waals surface area contributed by atoms with Crippen LogP contribution in [0.4, 0.5) is 0 Å². The summed E-state index contributed by atoms with van der Waals surface area (Å²) in [5.74, 6) is -0.171. The summed E-state index contributed by atoms with van der Waals surface area (Å²) in [4.78, 5) is 11.6. The zero-order chi connectivity index (χ0) is 13.4. The van der Waals surface area contributed by atoms with Crippen molar-refractivity contribution in [2.45, 2.75) is 32.7 Å². The van der Waals surface area contributed by atoms with Crippen LogP contribution in [0.5, 0.6) is 0 Å². The summed E-state index contributed by atoms with van der Waals surface area (Å²) in [7, 11) is 0. The van der Waals surface area contributed by atoms with Gasteiger partial charge in [0, 0.05) is 6.08 Å². The zero-order valence-corrected chi connectivity index (χ0v) is 11.0. The molecule has 3 nitrogen and oxygen atoms in total. The Morgan fingerprint density at radius 3 is 2.50 bits per heavy atom. The predicted molar refractivity (Wildman–Crippen MR) is 74.2 cm³/mol. The predicted octanol–water partition coefficient (Wildman–Crippen LogP) is 2.15. The number of carbonyl (C=O) groups excluding carboxylic acids is 1. The van der Waals surface area contributed by atoms with Crippen molar-refractivity contribution in [2.75, 3.05) is 6.61 Å². The Labute approximate surface area is 109 Å². The number of rotatable bonds is 6. The van der Waals surface area contributed by atoms with Gasteiger partial charge in [0.1, 0.15) is 0 Å². The second kappa shape index (κ2) is 7.67. The number of benzene rings is 1. The Hall–Kier alpha value is -1.61. The van der Waals surface area contributed by atoms with Gasteiger partial charge in [-0.05, 0) is 30.0 Å². The molecule has 1 aromatic rings. The highest BCUT2D eigenvalue weighted by Gasteiger charge is 2.05. The van der Waals surface area contributed by atoms with Crippen LogP contribution in [-0.4, -0.2) is 23.7 Å². The first-order valence-corrected chi connectivity index (χ1v) is 6.38. The van der Waals surface area contributed by atoms with Crippen molar-refractivity contribution in [3.05, 3.63) is 41.5 Å². The van der Waals surface area contributed by atoms with Gasteiger partial charge in [-0.1, -0.05) is 38.1 Å². The van der Waals surface area contributed by atoms with E-state index in [9.17, 15) is 4.79 Å². The number of carbonyl (C=O) groups is 1. The molecule has 0 bridgehead atoms. The standard InChI is InChI=1S/C15H21NO2/c1-3-12-5-7-13(8-6-12)9-10-15(18)16-14(4-2)11-17/h5-10,14,17H,3-4,11H2,1-2H3,(H,16,18)/b10-9+. The average molecular weight is 247 g/mol. The Balaban J connectivity index is 2.54. The summed E-state index contributed by atoms with van der Waals surface area (Å²) in [6.07, 6.45) is 5.01. The van der Waals surface area contributed by atoms with Crippen molar-refractivity contribution in [1.82, 2.24) is 5.32 Å². The topological polar surface area (TPSA) is 49.3 Å². The molecule has 18 heavy (non-hydrogen) atoms. The lowest BCUT2D eigenvalue weighted by atomic mass is 10.1. The van der Waals surface area contributed by atoms with Crippen molar-refractivity contribution < 1.29 is 9.90 Å². The molecule has 0 radical (unpaired) electrons. The quantitative estimate of drug-likeness (QED) is 0.757. The molecule has 0 aliphatic rings. The molecule has 1 unspecified atom stereocenters. The highest BCUT2D eigenvalue weighted by molar-refractivity contribution is 5.91. The molecule has 2 N–H and O–H groups in total. The smallest absolute Gasteiger partial charge is 0.244 e. The van der Waals surface area contributed by atoms with Crippen LogP contribution in [-0.2, 0) is 11.2 Å². The number of hydrogen-bond donors (Lipinski definition) is 2. The fraction of sp³-hybridized carbons (Fsp3) is 0.400. The first-order valence-electron chi connectivity index (χ1n) is 6.38. The van der Waals surface area contributed by atoms with E-state index in [1.54, 1.807) is 6.08 Å². The summed E-state index contributed by atoms with van der Waals surface area (Å²) >= 11 is 0. The molecule has 1 atom stereocenters. The lowest BCUT2D eigenvalue weighted by Gasteiger charge is -2.11. The van der Waals surface area contributed by atoms with E-state index >= 15 is 0 Å². The maximum absolute atomic E-state index is 11.6. The summed E-state index contributed by atoms with van der Waals surface area (Å²) < 4.78 is 0. The van der Waals surface area contributed by atoms with Gasteiger partial charge in [-0.25, -0.2) is 0 Å². The van der Waals surface area contributed by atoms with Crippen LogP contribution in [0, 0.1) is 0 Å². The van der Waals surface area contributed by atoms with Gasteiger partial charge >= 0.3 is 0 Å². The van der Waals surface area contributed by atoms with Crippen LogP contribution < -0.4 is 5.32 Å². The maximum atomic E-state index is 11.6. The highest BCUT2D eigenvalue weighted by atomic mass is 16.3. The SMILES string of the molecule is CCc1ccc(/C=C/C(=O)NC(CC)CO)cc1. The number of aliphatic hydroxyl groups excluding tert-OH is 1. The second-order valence-corrected chi connectivity index (χ2v) is 4.22. The fourth-order valence-corrected chi connectivity index (χ4v) is 1.56. The van der Waals surface area contributed by atoms with E-state index in [1.807, 2.05) is 19.1 Å². The molecule has 0 fully saturated rings. The zero-order valence-electron chi connectivity index (χ0n) is 11.0. The monoisotopic (exact) mass is 247 g/mol. The number of aryl methyl sites for hydroxylation is 1. The average Bonchev–Trinajstić information content (AvgIpc) is 2.43. The fourth-order valence-electron chi connectivity index (χ4n) is 1.56. The molecule has 1 aromatic carbocycles. The van der Waals surface area contributed by atoms with E-state index in [0.717, 1.165) is 18.4 Å². The molecule has 0 aliphatic heterocycles. The molecule has 0 aliphatic carbocycles. The van der Waals surface area contributed by atoms with E-state index in [2.05, 4.69) is 24.4 Å². The van der Waals surface area contributed by atoms with Gasteiger partial charge in [-0.2, -0.15) is 0 Å². The largest absolute Gasteiger partial charge is 0.394 e. The molecular formula is C15H21NO2. The lowest BCUT2D eigenvalue weighted by Crippen LogP contribution is -2.35. The highest BCUT2D eigenvalue weighted by Crippen LogP contribution is 2.06. The minimum Gasteiger partial charge on any atom is -0.394 e. The van der Waals surface area contributed by atoms with Gasteiger partial charge in [0.25, 0.3) is 0 Å². The van der Waals surface area contributed by atoms with Gasteiger partial charge in [-0.3, -0.25) is 4.79 Å². The number of amides is 1. The van der Waals surface area contributed by atoms with Gasteiger partial charge < -0.3 is 10.4 Å². The van der Waals surface area contributed by atoms with Crippen molar-refractivity contribution in [3.63, 3.8) is 0 Å². The van der Waals surface area contributed by atoms with Gasteiger partial charge in [0.05, 0.1) is 12.6 Å². The lowest BCUT2D eigenvalue weighted by molar-refractivity contribution is -0.117. The van der Waals surface area contributed by atoms with Crippen LogP contribution in [0.2, 0.25) is 0 Å². The molecule has 98 valence electrons. The number of hydrogen-bond acceptors (Lipinski definition) is 2. The van der Waals surface area contributed by atoms with Crippen LogP contribution in [0.1, 0.15) is 31.4 Å². The third-order valence-corrected chi connectivity index (χ3v) is 2.87. The Morgan fingerprint density at radius 2 is 2.00 bits per heavy atom. The molecule has 0 spiro atoms. The van der Waals surface area contributed by atoms with Crippen molar-refractivity contribution >= 4 is 12.0 Å². The Bertz CT molecular complexity index is 391. The van der Waals surface area contributed by atoms with E-state index < -0.39 is 0 Å². The molecule has 3 heteroatoms. The Kier molecular flexibility index (Phi) is 6.15. The van der Waals surface area contributed by atoms with Crippen molar-refractivity contribution in [3.8, 4) is 0 Å². The Morgan fingerprint density at radius 1 is 1.33 bits per heavy atom. The maximum Gasteiger partial charge on any atom is 0.244 e. The van der Waals surface area contributed by atoms with E-state index in [0.29, 0.717) is 0 Å². The number of nitrogens with one attached hydrogen (secondary N) is 1. The van der Waals surface area contributed by atoms with Crippen LogP contribution >= 0.6 is 0 Å². The minimum absolute atomic E-state index is 0.0265. The first-order chi connectivity index (χ1) is 8.69. The van der Waals surface area contributed by atoms with Gasteiger partial charge in [0.2, 0.25) is 5.91 Å². The van der Waals surface area contributed by atoms with E-state index in [1.165, 1.54) is 11.6 Å². The summed E-state index contributed by atoms with van der Waals surface area (Å²) in [6.45, 7) is 4.01. The first kappa shape index (κ1) is 14.5. The minimum atomic E-state index is -0.171. The molecule has 0 saturated carbocycles. The molecule has 1 amide bonds. The number of aliphatic hydroxyl groups is 1. The van der Waals surface area contributed by atoms with Gasteiger partial charge in [-0.15, -0.1) is 0 Å². The third-order valence-electron chi connectivity index (χ3n) is 2.87. The molecule has 0 aromatic heterocycles. The van der Waals surface area contributed by atoms with E-state index in [-0.39, 0.29) is 18.6 Å². The molecule has 1 rings (SSSR count). The van der Waals surface area contributed by atoms with Crippen LogP contribution in [0.25, 0.3) is 6.08 Å². The van der Waals surface area contributed by atoms with Crippen molar-refractivity contribution in [1.29, 1.82) is 0 Å².